The van der Waals surface area contributed by atoms with Crippen LogP contribution in [0.25, 0.3) is 0 Å². The van der Waals surface area contributed by atoms with Gasteiger partial charge in [-0.3, -0.25) is 9.78 Å². The fourth-order valence-electron chi connectivity index (χ4n) is 1.49. The van der Waals surface area contributed by atoms with Crippen LogP contribution in [0.4, 0.5) is 5.95 Å². The summed E-state index contributed by atoms with van der Waals surface area (Å²) in [6.07, 6.45) is 8.05. The second-order valence-corrected chi connectivity index (χ2v) is 4.00. The van der Waals surface area contributed by atoms with E-state index in [-0.39, 0.29) is 5.91 Å². The molecule has 0 radical (unpaired) electrons. The molecule has 0 aromatic carbocycles. The minimum atomic E-state index is -0.211. The molecule has 102 valence electrons. The number of carbonyl (C=O) groups excluding carboxylic acids is 1. The number of carbonyl (C=O) groups is 1. The summed E-state index contributed by atoms with van der Waals surface area (Å²) in [7, 11) is 0. The Morgan fingerprint density at radius 1 is 1.25 bits per heavy atom. The summed E-state index contributed by atoms with van der Waals surface area (Å²) >= 11 is 0. The van der Waals surface area contributed by atoms with Crippen LogP contribution in [-0.2, 0) is 6.54 Å². The molecule has 2 N–H and O–H groups in total. The maximum absolute atomic E-state index is 11.9. The van der Waals surface area contributed by atoms with Crippen LogP contribution < -0.4 is 10.6 Å². The van der Waals surface area contributed by atoms with E-state index in [0.29, 0.717) is 24.6 Å². The zero-order valence-corrected chi connectivity index (χ0v) is 10.9. The molecule has 0 saturated carbocycles. The van der Waals surface area contributed by atoms with Gasteiger partial charge >= 0.3 is 0 Å². The predicted octanol–water partition coefficient (Wildman–Crippen LogP) is 1.40. The molecule has 2 aromatic rings. The maximum Gasteiger partial charge on any atom is 0.254 e. The molecule has 0 saturated heterocycles. The molecule has 2 rings (SSSR count). The van der Waals surface area contributed by atoms with Crippen LogP contribution in [0, 0.1) is 0 Å². The number of rotatable bonds is 6. The van der Waals surface area contributed by atoms with E-state index in [1.165, 1.54) is 12.4 Å². The minimum Gasteiger partial charge on any atom is -0.351 e. The molecule has 0 bridgehead atoms. The van der Waals surface area contributed by atoms with E-state index in [9.17, 15) is 4.79 Å². The van der Waals surface area contributed by atoms with Gasteiger partial charge in [-0.05, 0) is 17.7 Å². The summed E-state index contributed by atoms with van der Waals surface area (Å²) in [6.45, 7) is 4.61. The third-order valence-electron chi connectivity index (χ3n) is 2.52. The first-order valence-corrected chi connectivity index (χ1v) is 6.13. The predicted molar refractivity (Wildman–Crippen MR) is 76.1 cm³/mol. The third-order valence-corrected chi connectivity index (χ3v) is 2.52. The largest absolute Gasteiger partial charge is 0.351 e. The molecule has 1 amide bonds. The van der Waals surface area contributed by atoms with Gasteiger partial charge in [-0.15, -0.1) is 6.58 Å². The Balaban J connectivity index is 1.90. The van der Waals surface area contributed by atoms with Gasteiger partial charge in [0.1, 0.15) is 0 Å². The number of amides is 1. The lowest BCUT2D eigenvalue weighted by Gasteiger charge is -2.05. The summed E-state index contributed by atoms with van der Waals surface area (Å²) in [4.78, 5) is 23.9. The molecule has 0 aliphatic heterocycles. The van der Waals surface area contributed by atoms with Gasteiger partial charge in [-0.25, -0.2) is 9.97 Å². The third kappa shape index (κ3) is 3.88. The van der Waals surface area contributed by atoms with Crippen LogP contribution in [-0.4, -0.2) is 27.4 Å². The average molecular weight is 269 g/mol. The molecule has 2 aromatic heterocycles. The number of aromatic nitrogens is 3. The topological polar surface area (TPSA) is 79.8 Å². The van der Waals surface area contributed by atoms with Crippen molar-refractivity contribution in [2.75, 3.05) is 11.9 Å². The van der Waals surface area contributed by atoms with E-state index >= 15 is 0 Å². The first kappa shape index (κ1) is 13.7. The van der Waals surface area contributed by atoms with Gasteiger partial charge in [-0.1, -0.05) is 6.08 Å². The van der Waals surface area contributed by atoms with Gasteiger partial charge in [-0.2, -0.15) is 0 Å². The van der Waals surface area contributed by atoms with Crippen molar-refractivity contribution in [1.82, 2.24) is 20.3 Å². The van der Waals surface area contributed by atoms with Crippen LogP contribution in [0.1, 0.15) is 15.9 Å². The molecule has 0 aliphatic rings. The molecular weight excluding hydrogens is 254 g/mol. The quantitative estimate of drug-likeness (QED) is 0.775. The Bertz CT molecular complexity index is 568. The van der Waals surface area contributed by atoms with Gasteiger partial charge < -0.3 is 10.6 Å². The lowest BCUT2D eigenvalue weighted by atomic mass is 10.2. The second-order valence-electron chi connectivity index (χ2n) is 4.00. The van der Waals surface area contributed by atoms with Gasteiger partial charge in [0.2, 0.25) is 5.95 Å². The Hall–Kier alpha value is -2.76. The number of anilines is 1. The molecule has 0 fully saturated rings. The molecule has 20 heavy (non-hydrogen) atoms. The highest BCUT2D eigenvalue weighted by molar-refractivity contribution is 5.93. The summed E-state index contributed by atoms with van der Waals surface area (Å²) in [5, 5.41) is 5.73. The lowest BCUT2D eigenvalue weighted by Crippen LogP contribution is -2.23. The van der Waals surface area contributed by atoms with Gasteiger partial charge in [0.25, 0.3) is 5.91 Å². The monoisotopic (exact) mass is 269 g/mol. The van der Waals surface area contributed by atoms with Crippen molar-refractivity contribution < 1.29 is 4.79 Å². The van der Waals surface area contributed by atoms with Crippen molar-refractivity contribution in [1.29, 1.82) is 0 Å². The highest BCUT2D eigenvalue weighted by atomic mass is 16.1. The normalized spacial score (nSPS) is 9.80. The van der Waals surface area contributed by atoms with Crippen molar-refractivity contribution in [3.05, 3.63) is 60.7 Å². The first-order valence-electron chi connectivity index (χ1n) is 6.13. The van der Waals surface area contributed by atoms with Crippen LogP contribution in [0.3, 0.4) is 0 Å². The summed E-state index contributed by atoms with van der Waals surface area (Å²) in [5.74, 6) is 0.257. The molecule has 0 atom stereocenters. The van der Waals surface area contributed by atoms with E-state index in [2.05, 4.69) is 32.2 Å². The number of hydrogen-bond donors (Lipinski definition) is 2. The fourth-order valence-corrected chi connectivity index (χ4v) is 1.49. The molecule has 2 heterocycles. The van der Waals surface area contributed by atoms with E-state index in [1.54, 1.807) is 18.5 Å². The zero-order chi connectivity index (χ0) is 14.2. The number of nitrogens with one attached hydrogen (secondary N) is 2. The molecule has 0 unspecified atom stereocenters. The average Bonchev–Trinajstić information content (AvgIpc) is 2.52. The molecule has 0 spiro atoms. The van der Waals surface area contributed by atoms with E-state index in [4.69, 9.17) is 0 Å². The Labute approximate surface area is 117 Å². The van der Waals surface area contributed by atoms with Gasteiger partial charge in [0.15, 0.2) is 0 Å². The molecule has 0 aliphatic carbocycles. The maximum atomic E-state index is 11.9. The van der Waals surface area contributed by atoms with E-state index < -0.39 is 0 Å². The van der Waals surface area contributed by atoms with Crippen molar-refractivity contribution in [2.24, 2.45) is 0 Å². The van der Waals surface area contributed by atoms with Gasteiger partial charge in [0, 0.05) is 37.9 Å². The number of hydrogen-bond acceptors (Lipinski definition) is 5. The number of pyridine rings is 1. The van der Waals surface area contributed by atoms with Crippen LogP contribution in [0.5, 0.6) is 0 Å². The van der Waals surface area contributed by atoms with E-state index in [1.807, 2.05) is 12.1 Å². The summed E-state index contributed by atoms with van der Waals surface area (Å²) < 4.78 is 0. The fraction of sp³-hybridized carbons (Fsp3) is 0.143. The Kier molecular flexibility index (Phi) is 4.77. The minimum absolute atomic E-state index is 0.211. The molecular formula is C14H15N5O. The van der Waals surface area contributed by atoms with Crippen LogP contribution in [0.2, 0.25) is 0 Å². The zero-order valence-electron chi connectivity index (χ0n) is 10.9. The molecule has 6 heteroatoms. The molecule has 6 nitrogen and oxygen atoms in total. The van der Waals surface area contributed by atoms with Crippen molar-refractivity contribution in [3.8, 4) is 0 Å². The van der Waals surface area contributed by atoms with Crippen LogP contribution in [0.15, 0.2) is 49.6 Å². The second kappa shape index (κ2) is 6.98. The Morgan fingerprint density at radius 2 is 1.95 bits per heavy atom. The van der Waals surface area contributed by atoms with Gasteiger partial charge in [0.05, 0.1) is 5.56 Å². The lowest BCUT2D eigenvalue weighted by molar-refractivity contribution is 0.0950. The van der Waals surface area contributed by atoms with Crippen molar-refractivity contribution >= 4 is 11.9 Å². The standard InChI is InChI=1S/C14H15N5O/c1-2-5-16-14-18-9-12(10-19-14)13(20)17-8-11-3-6-15-7-4-11/h2-4,6-7,9-10H,1,5,8H2,(H,17,20)(H,16,18,19). The van der Waals surface area contributed by atoms with Crippen molar-refractivity contribution in [2.45, 2.75) is 6.54 Å². The SMILES string of the molecule is C=CCNc1ncc(C(=O)NCc2ccncc2)cn1. The van der Waals surface area contributed by atoms with Crippen LogP contribution >= 0.6 is 0 Å². The number of nitrogens with zero attached hydrogens (tertiary/aromatic N) is 3. The van der Waals surface area contributed by atoms with Crippen molar-refractivity contribution in [3.63, 3.8) is 0 Å². The first-order chi connectivity index (χ1) is 9.79. The summed E-state index contributed by atoms with van der Waals surface area (Å²) in [5.41, 5.74) is 1.40. The summed E-state index contributed by atoms with van der Waals surface area (Å²) in [6, 6.07) is 3.69. The Morgan fingerprint density at radius 3 is 2.60 bits per heavy atom. The highest BCUT2D eigenvalue weighted by Gasteiger charge is 2.06. The van der Waals surface area contributed by atoms with E-state index in [0.717, 1.165) is 5.56 Å². The smallest absolute Gasteiger partial charge is 0.254 e. The highest BCUT2D eigenvalue weighted by Crippen LogP contribution is 2.01.